The monoisotopic (exact) mass is 219 g/mol. The van der Waals surface area contributed by atoms with E-state index in [0.29, 0.717) is 9.09 Å². The van der Waals surface area contributed by atoms with Crippen LogP contribution in [0.1, 0.15) is 17.9 Å². The first-order valence-electron chi connectivity index (χ1n) is 3.56. The molecule has 0 fully saturated rings. The van der Waals surface area contributed by atoms with Gasteiger partial charge in [-0.15, -0.1) is 23.1 Å². The fourth-order valence-corrected chi connectivity index (χ4v) is 2.62. The second-order valence-electron chi connectivity index (χ2n) is 2.46. The quantitative estimate of drug-likeness (QED) is 0.482. The summed E-state index contributed by atoms with van der Waals surface area (Å²) in [5.74, 6) is 0. The maximum absolute atomic E-state index is 10.5. The first-order chi connectivity index (χ1) is 6.06. The van der Waals surface area contributed by atoms with E-state index >= 15 is 0 Å². The number of aliphatic hydroxyl groups is 1. The van der Waals surface area contributed by atoms with Crippen LogP contribution in [0.15, 0.2) is 10.3 Å². The molecular weight excluding hydrogens is 210 g/mol. The molecule has 0 radical (unpaired) electrons. The second-order valence-corrected chi connectivity index (χ2v) is 4.62. The molecule has 0 unspecified atom stereocenters. The van der Waals surface area contributed by atoms with E-state index in [1.54, 1.807) is 13.2 Å². The average molecular weight is 219 g/mol. The lowest BCUT2D eigenvalue weighted by molar-refractivity contribution is -0.387. The van der Waals surface area contributed by atoms with Gasteiger partial charge in [0.1, 0.15) is 4.21 Å². The van der Waals surface area contributed by atoms with Gasteiger partial charge in [0.2, 0.25) is 0 Å². The molecule has 13 heavy (non-hydrogen) atoms. The van der Waals surface area contributed by atoms with E-state index in [9.17, 15) is 15.2 Å². The Labute approximate surface area is 83.7 Å². The summed E-state index contributed by atoms with van der Waals surface area (Å²) >= 11 is 2.59. The Morgan fingerprint density at radius 1 is 1.77 bits per heavy atom. The van der Waals surface area contributed by atoms with Gasteiger partial charge in [-0.25, -0.2) is 0 Å². The number of thioether (sulfide) groups is 1. The van der Waals surface area contributed by atoms with Gasteiger partial charge in [0.25, 0.3) is 5.69 Å². The third-order valence-electron chi connectivity index (χ3n) is 1.49. The molecule has 1 aromatic rings. The predicted octanol–water partition coefficient (Wildman–Crippen LogP) is 2.43. The minimum absolute atomic E-state index is 0.0911. The molecule has 4 nitrogen and oxygen atoms in total. The van der Waals surface area contributed by atoms with Gasteiger partial charge in [-0.05, 0) is 13.2 Å². The molecule has 0 aliphatic rings. The molecule has 1 rings (SSSR count). The van der Waals surface area contributed by atoms with Crippen molar-refractivity contribution in [1.29, 1.82) is 0 Å². The standard InChI is InChI=1S/C7H9NO3S2/c1-4(9)6-3-5(8(10)11)7(12-2)13-6/h3-4,9H,1-2H3/t4-/m0/s1. The Morgan fingerprint density at radius 3 is 2.69 bits per heavy atom. The smallest absolute Gasteiger partial charge is 0.294 e. The maximum atomic E-state index is 10.5. The SMILES string of the molecule is CSc1sc([C@H](C)O)cc1[N+](=O)[O-]. The zero-order valence-electron chi connectivity index (χ0n) is 7.18. The Hall–Kier alpha value is -0.590. The molecule has 0 saturated heterocycles. The molecule has 0 aliphatic carbocycles. The molecule has 0 amide bonds. The summed E-state index contributed by atoms with van der Waals surface area (Å²) in [4.78, 5) is 10.7. The molecule has 0 aromatic carbocycles. The van der Waals surface area contributed by atoms with Crippen LogP contribution in [-0.2, 0) is 0 Å². The number of hydrogen-bond acceptors (Lipinski definition) is 5. The maximum Gasteiger partial charge on any atom is 0.294 e. The molecule has 6 heteroatoms. The summed E-state index contributed by atoms with van der Waals surface area (Å²) in [6.45, 7) is 1.60. The highest BCUT2D eigenvalue weighted by atomic mass is 32.2. The molecule has 0 spiro atoms. The van der Waals surface area contributed by atoms with Crippen molar-refractivity contribution in [2.45, 2.75) is 17.2 Å². The summed E-state index contributed by atoms with van der Waals surface area (Å²) in [5.41, 5.74) is 0.0911. The molecule has 1 atom stereocenters. The highest BCUT2D eigenvalue weighted by Crippen LogP contribution is 2.38. The number of nitro groups is 1. The first kappa shape index (κ1) is 10.5. The zero-order chi connectivity index (χ0) is 10.0. The van der Waals surface area contributed by atoms with Gasteiger partial charge in [0.15, 0.2) is 0 Å². The van der Waals surface area contributed by atoms with Crippen LogP contribution in [0.5, 0.6) is 0 Å². The lowest BCUT2D eigenvalue weighted by atomic mass is 10.3. The van der Waals surface area contributed by atoms with Crippen LogP contribution in [0.25, 0.3) is 0 Å². The lowest BCUT2D eigenvalue weighted by Crippen LogP contribution is -1.87. The number of thiophene rings is 1. The van der Waals surface area contributed by atoms with Crippen LogP contribution in [0.4, 0.5) is 5.69 Å². The van der Waals surface area contributed by atoms with Gasteiger partial charge in [-0.3, -0.25) is 10.1 Å². The molecule has 0 aliphatic heterocycles. The van der Waals surface area contributed by atoms with Crippen molar-refractivity contribution in [2.75, 3.05) is 6.26 Å². The fourth-order valence-electron chi connectivity index (χ4n) is 0.862. The zero-order valence-corrected chi connectivity index (χ0v) is 8.82. The van der Waals surface area contributed by atoms with Gasteiger partial charge in [0, 0.05) is 10.9 Å². The minimum Gasteiger partial charge on any atom is -0.388 e. The summed E-state index contributed by atoms with van der Waals surface area (Å²) in [6.07, 6.45) is 1.15. The van der Waals surface area contributed by atoms with Crippen LogP contribution in [0.3, 0.4) is 0 Å². The number of rotatable bonds is 3. The normalized spacial score (nSPS) is 12.8. The Kier molecular flexibility index (Phi) is 3.29. The summed E-state index contributed by atoms with van der Waals surface area (Å²) in [5, 5.41) is 19.8. The van der Waals surface area contributed by atoms with Gasteiger partial charge >= 0.3 is 0 Å². The molecule has 1 aromatic heterocycles. The van der Waals surface area contributed by atoms with Crippen molar-refractivity contribution in [1.82, 2.24) is 0 Å². The Morgan fingerprint density at radius 2 is 2.38 bits per heavy atom. The fraction of sp³-hybridized carbons (Fsp3) is 0.429. The minimum atomic E-state index is -0.635. The molecule has 1 N–H and O–H groups in total. The van der Waals surface area contributed by atoms with Crippen LogP contribution < -0.4 is 0 Å². The van der Waals surface area contributed by atoms with E-state index in [2.05, 4.69) is 0 Å². The van der Waals surface area contributed by atoms with Crippen molar-refractivity contribution in [3.05, 3.63) is 21.1 Å². The van der Waals surface area contributed by atoms with Gasteiger partial charge < -0.3 is 5.11 Å². The van der Waals surface area contributed by atoms with E-state index in [-0.39, 0.29) is 5.69 Å². The van der Waals surface area contributed by atoms with E-state index in [1.165, 1.54) is 29.2 Å². The third-order valence-corrected chi connectivity index (χ3v) is 3.91. The van der Waals surface area contributed by atoms with E-state index in [4.69, 9.17) is 0 Å². The Balaban J connectivity index is 3.11. The molecule has 0 bridgehead atoms. The van der Waals surface area contributed by atoms with Crippen LogP contribution in [0, 0.1) is 10.1 Å². The highest BCUT2D eigenvalue weighted by molar-refractivity contribution is 8.00. The van der Waals surface area contributed by atoms with Crippen LogP contribution in [-0.4, -0.2) is 16.3 Å². The lowest BCUT2D eigenvalue weighted by Gasteiger charge is -1.95. The largest absolute Gasteiger partial charge is 0.388 e. The number of aliphatic hydroxyl groups excluding tert-OH is 1. The van der Waals surface area contributed by atoms with Crippen molar-refractivity contribution in [3.63, 3.8) is 0 Å². The second kappa shape index (κ2) is 4.08. The topological polar surface area (TPSA) is 63.4 Å². The van der Waals surface area contributed by atoms with E-state index < -0.39 is 11.0 Å². The highest BCUT2D eigenvalue weighted by Gasteiger charge is 2.19. The van der Waals surface area contributed by atoms with Crippen LogP contribution in [0.2, 0.25) is 0 Å². The van der Waals surface area contributed by atoms with E-state index in [1.807, 2.05) is 0 Å². The van der Waals surface area contributed by atoms with E-state index in [0.717, 1.165) is 0 Å². The summed E-state index contributed by atoms with van der Waals surface area (Å²) < 4.78 is 0.640. The number of nitrogens with zero attached hydrogens (tertiary/aromatic N) is 1. The van der Waals surface area contributed by atoms with Gasteiger partial charge in [0.05, 0.1) is 11.0 Å². The van der Waals surface area contributed by atoms with Crippen molar-refractivity contribution in [3.8, 4) is 0 Å². The number of hydrogen-bond donors (Lipinski definition) is 1. The first-order valence-corrected chi connectivity index (χ1v) is 5.60. The third kappa shape index (κ3) is 2.20. The van der Waals surface area contributed by atoms with Crippen molar-refractivity contribution < 1.29 is 10.0 Å². The Bertz CT molecular complexity index is 322. The van der Waals surface area contributed by atoms with Crippen molar-refractivity contribution in [2.24, 2.45) is 0 Å². The predicted molar refractivity (Wildman–Crippen MR) is 53.4 cm³/mol. The van der Waals surface area contributed by atoms with Gasteiger partial charge in [-0.2, -0.15) is 0 Å². The van der Waals surface area contributed by atoms with Crippen LogP contribution >= 0.6 is 23.1 Å². The average Bonchev–Trinajstić information content (AvgIpc) is 2.47. The summed E-state index contributed by atoms with van der Waals surface area (Å²) in [7, 11) is 0. The molecule has 0 saturated carbocycles. The molecule has 72 valence electrons. The summed E-state index contributed by atoms with van der Waals surface area (Å²) in [6, 6.07) is 1.43. The van der Waals surface area contributed by atoms with Gasteiger partial charge in [-0.1, -0.05) is 0 Å². The molecular formula is C7H9NO3S2. The van der Waals surface area contributed by atoms with Crippen molar-refractivity contribution >= 4 is 28.8 Å². The molecule has 1 heterocycles.